The molecule has 0 aliphatic carbocycles. The van der Waals surface area contributed by atoms with Gasteiger partial charge in [0.2, 0.25) is 5.91 Å². The van der Waals surface area contributed by atoms with Gasteiger partial charge in [-0.25, -0.2) is 0 Å². The van der Waals surface area contributed by atoms with Crippen molar-refractivity contribution in [2.45, 2.75) is 24.1 Å². The Bertz CT molecular complexity index is 507. The topological polar surface area (TPSA) is 66.6 Å². The second-order valence-corrected chi connectivity index (χ2v) is 5.24. The highest BCUT2D eigenvalue weighted by Crippen LogP contribution is 2.38. The van der Waals surface area contributed by atoms with Crippen molar-refractivity contribution < 1.29 is 23.1 Å². The van der Waals surface area contributed by atoms with Crippen LogP contribution in [0.1, 0.15) is 17.9 Å². The smallest absolute Gasteiger partial charge is 0.379 e. The number of halogens is 3. The SMILES string of the molecule is NCC(C(=O)N1CCC(O)(C(F)(F)F)C1)c1ccccc1. The van der Waals surface area contributed by atoms with Gasteiger partial charge in [-0.3, -0.25) is 4.79 Å². The number of nitrogens with zero attached hydrogens (tertiary/aromatic N) is 1. The summed E-state index contributed by atoms with van der Waals surface area (Å²) in [4.78, 5) is 13.4. The van der Waals surface area contributed by atoms with E-state index in [1.54, 1.807) is 30.3 Å². The van der Waals surface area contributed by atoms with Crippen LogP contribution in [0.3, 0.4) is 0 Å². The number of aliphatic hydroxyl groups is 1. The van der Waals surface area contributed by atoms with Crippen LogP contribution in [0.25, 0.3) is 0 Å². The zero-order valence-electron chi connectivity index (χ0n) is 11.3. The summed E-state index contributed by atoms with van der Waals surface area (Å²) in [7, 11) is 0. The minimum absolute atomic E-state index is 0.00376. The van der Waals surface area contributed by atoms with E-state index in [1.807, 2.05) is 0 Å². The van der Waals surface area contributed by atoms with E-state index in [0.717, 1.165) is 4.90 Å². The lowest BCUT2D eigenvalue weighted by atomic mass is 9.97. The lowest BCUT2D eigenvalue weighted by Gasteiger charge is -2.27. The second-order valence-electron chi connectivity index (χ2n) is 5.24. The maximum atomic E-state index is 12.8. The molecular weight excluding hydrogens is 285 g/mol. The van der Waals surface area contributed by atoms with E-state index < -0.39 is 36.6 Å². The van der Waals surface area contributed by atoms with E-state index in [-0.39, 0.29) is 13.1 Å². The third-order valence-corrected chi connectivity index (χ3v) is 3.82. The van der Waals surface area contributed by atoms with Crippen LogP contribution in [-0.2, 0) is 4.79 Å². The van der Waals surface area contributed by atoms with Crippen LogP contribution in [0.15, 0.2) is 30.3 Å². The molecule has 3 N–H and O–H groups in total. The van der Waals surface area contributed by atoms with E-state index in [2.05, 4.69) is 0 Å². The van der Waals surface area contributed by atoms with Crippen LogP contribution in [0.2, 0.25) is 0 Å². The van der Waals surface area contributed by atoms with Gasteiger partial charge in [-0.2, -0.15) is 13.2 Å². The Morgan fingerprint density at radius 3 is 2.48 bits per heavy atom. The number of likely N-dealkylation sites (tertiary alicyclic amines) is 1. The summed E-state index contributed by atoms with van der Waals surface area (Å²) >= 11 is 0. The summed E-state index contributed by atoms with van der Waals surface area (Å²) in [6.45, 7) is -0.860. The van der Waals surface area contributed by atoms with Crippen LogP contribution in [0.4, 0.5) is 13.2 Å². The first-order chi connectivity index (χ1) is 9.78. The van der Waals surface area contributed by atoms with Crippen molar-refractivity contribution in [3.63, 3.8) is 0 Å². The molecule has 1 amide bonds. The van der Waals surface area contributed by atoms with E-state index in [4.69, 9.17) is 5.73 Å². The molecule has 1 heterocycles. The van der Waals surface area contributed by atoms with Gasteiger partial charge in [-0.05, 0) is 5.56 Å². The van der Waals surface area contributed by atoms with Crippen molar-refractivity contribution in [1.82, 2.24) is 4.90 Å². The minimum atomic E-state index is -4.74. The summed E-state index contributed by atoms with van der Waals surface area (Å²) in [6, 6.07) is 8.67. The summed E-state index contributed by atoms with van der Waals surface area (Å²) in [5.74, 6) is -1.18. The van der Waals surface area contributed by atoms with Crippen LogP contribution < -0.4 is 5.73 Å². The number of hydrogen-bond acceptors (Lipinski definition) is 3. The molecule has 1 aliphatic heterocycles. The number of rotatable bonds is 3. The normalized spacial score (nSPS) is 24.1. The highest BCUT2D eigenvalue weighted by molar-refractivity contribution is 5.84. The maximum absolute atomic E-state index is 12.8. The quantitative estimate of drug-likeness (QED) is 0.883. The number of carbonyl (C=O) groups excluding carboxylic acids is 1. The Balaban J connectivity index is 2.14. The van der Waals surface area contributed by atoms with Gasteiger partial charge in [0.15, 0.2) is 5.60 Å². The van der Waals surface area contributed by atoms with Crippen molar-refractivity contribution in [3.8, 4) is 0 Å². The zero-order valence-corrected chi connectivity index (χ0v) is 11.3. The molecule has 4 nitrogen and oxygen atoms in total. The Morgan fingerprint density at radius 1 is 1.38 bits per heavy atom. The lowest BCUT2D eigenvalue weighted by Crippen LogP contribution is -2.48. The number of benzene rings is 1. The molecule has 0 saturated carbocycles. The van der Waals surface area contributed by atoms with Gasteiger partial charge >= 0.3 is 6.18 Å². The molecule has 2 rings (SSSR count). The van der Waals surface area contributed by atoms with Gasteiger partial charge in [0.25, 0.3) is 0 Å². The molecule has 1 aromatic rings. The maximum Gasteiger partial charge on any atom is 0.419 e. The monoisotopic (exact) mass is 302 g/mol. The summed E-state index contributed by atoms with van der Waals surface area (Å²) < 4.78 is 38.3. The molecule has 2 unspecified atom stereocenters. The predicted molar refractivity (Wildman–Crippen MR) is 70.4 cm³/mol. The molecule has 1 aliphatic rings. The molecule has 21 heavy (non-hydrogen) atoms. The molecule has 0 radical (unpaired) electrons. The molecule has 1 saturated heterocycles. The molecule has 2 atom stereocenters. The molecule has 0 spiro atoms. The van der Waals surface area contributed by atoms with Crippen LogP contribution in [-0.4, -0.2) is 47.3 Å². The van der Waals surface area contributed by atoms with Gasteiger partial charge in [-0.1, -0.05) is 30.3 Å². The van der Waals surface area contributed by atoms with Crippen molar-refractivity contribution in [1.29, 1.82) is 0 Å². The number of alkyl halides is 3. The van der Waals surface area contributed by atoms with Gasteiger partial charge in [0.05, 0.1) is 12.5 Å². The first-order valence-electron chi connectivity index (χ1n) is 6.61. The van der Waals surface area contributed by atoms with E-state index in [0.29, 0.717) is 5.56 Å². The van der Waals surface area contributed by atoms with Gasteiger partial charge < -0.3 is 15.7 Å². The molecule has 0 bridgehead atoms. The van der Waals surface area contributed by atoms with Gasteiger partial charge in [0, 0.05) is 19.5 Å². The van der Waals surface area contributed by atoms with Crippen LogP contribution in [0.5, 0.6) is 0 Å². The average molecular weight is 302 g/mol. The summed E-state index contributed by atoms with van der Waals surface area (Å²) in [5, 5.41) is 9.62. The average Bonchev–Trinajstić information content (AvgIpc) is 2.84. The highest BCUT2D eigenvalue weighted by Gasteiger charge is 2.58. The highest BCUT2D eigenvalue weighted by atomic mass is 19.4. The fourth-order valence-electron chi connectivity index (χ4n) is 2.50. The van der Waals surface area contributed by atoms with Crippen molar-refractivity contribution in [2.24, 2.45) is 5.73 Å². The second kappa shape index (κ2) is 5.65. The van der Waals surface area contributed by atoms with E-state index in [9.17, 15) is 23.1 Å². The minimum Gasteiger partial charge on any atom is -0.379 e. The Hall–Kier alpha value is -1.60. The third-order valence-electron chi connectivity index (χ3n) is 3.82. The molecule has 7 heteroatoms. The Morgan fingerprint density at radius 2 is 2.00 bits per heavy atom. The lowest BCUT2D eigenvalue weighted by molar-refractivity contribution is -0.253. The molecule has 1 fully saturated rings. The van der Waals surface area contributed by atoms with Gasteiger partial charge in [-0.15, -0.1) is 0 Å². The predicted octanol–water partition coefficient (Wildman–Crippen LogP) is 1.25. The number of nitrogens with two attached hydrogens (primary N) is 1. The van der Waals surface area contributed by atoms with E-state index >= 15 is 0 Å². The molecule has 1 aromatic carbocycles. The standard InChI is InChI=1S/C14H17F3N2O2/c15-14(16,17)13(21)6-7-19(9-13)12(20)11(8-18)10-4-2-1-3-5-10/h1-5,11,21H,6-9,18H2. The first-order valence-corrected chi connectivity index (χ1v) is 6.61. The number of amides is 1. The van der Waals surface area contributed by atoms with Gasteiger partial charge in [0.1, 0.15) is 0 Å². The van der Waals surface area contributed by atoms with Crippen molar-refractivity contribution in [2.75, 3.05) is 19.6 Å². The summed E-state index contributed by atoms with van der Waals surface area (Å²) in [6.07, 6.45) is -5.25. The fourth-order valence-corrected chi connectivity index (χ4v) is 2.50. The molecule has 116 valence electrons. The molecule has 0 aromatic heterocycles. The first kappa shape index (κ1) is 15.8. The van der Waals surface area contributed by atoms with Crippen LogP contribution >= 0.6 is 0 Å². The number of β-amino-alcohol motifs (C(OH)–C–C–N with tert-alkyl or cyclic N) is 1. The van der Waals surface area contributed by atoms with E-state index in [1.165, 1.54) is 0 Å². The number of carbonyl (C=O) groups is 1. The Labute approximate surface area is 120 Å². The zero-order chi connectivity index (χ0) is 15.7. The van der Waals surface area contributed by atoms with Crippen molar-refractivity contribution in [3.05, 3.63) is 35.9 Å². The van der Waals surface area contributed by atoms with Crippen molar-refractivity contribution >= 4 is 5.91 Å². The van der Waals surface area contributed by atoms with Crippen LogP contribution in [0, 0.1) is 0 Å². The summed E-state index contributed by atoms with van der Waals surface area (Å²) in [5.41, 5.74) is 3.43. The largest absolute Gasteiger partial charge is 0.419 e. The number of hydrogen-bond donors (Lipinski definition) is 2. The third kappa shape index (κ3) is 3.03. The Kier molecular flexibility index (Phi) is 4.25. The molecular formula is C14H17F3N2O2. The fraction of sp³-hybridized carbons (Fsp3) is 0.500.